The molecule has 1 heterocycles. The first-order valence-electron chi connectivity index (χ1n) is 9.56. The fraction of sp³-hybridized carbons (Fsp3) is 0.364. The van der Waals surface area contributed by atoms with Crippen molar-refractivity contribution in [2.45, 2.75) is 25.7 Å². The smallest absolute Gasteiger partial charge is 0.227 e. The van der Waals surface area contributed by atoms with Gasteiger partial charge in [0.05, 0.1) is 6.42 Å². The molecule has 0 aromatic heterocycles. The average molecular weight is 365 g/mol. The monoisotopic (exact) mass is 365 g/mol. The third kappa shape index (κ3) is 5.33. The molecule has 1 fully saturated rings. The molecule has 1 saturated heterocycles. The summed E-state index contributed by atoms with van der Waals surface area (Å²) in [4.78, 5) is 27.9. The van der Waals surface area contributed by atoms with E-state index in [1.165, 1.54) is 5.69 Å². The third-order valence-corrected chi connectivity index (χ3v) is 4.88. The van der Waals surface area contributed by atoms with Crippen LogP contribution in [0.1, 0.15) is 24.8 Å². The number of carbonyl (C=O) groups excluding carboxylic acids is 2. The van der Waals surface area contributed by atoms with E-state index in [1.54, 1.807) is 0 Å². The van der Waals surface area contributed by atoms with Crippen molar-refractivity contribution in [2.75, 3.05) is 36.5 Å². The standard InChI is InChI=1S/C22H27N3O2/c1-24(19-7-3-2-4-8-19)15-6-14-23-21(26)17-18-10-12-20(13-11-18)25-16-5-9-22(25)27/h2-4,7-8,10-13H,5-6,9,14-17H2,1H3,(H,23,26). The van der Waals surface area contributed by atoms with Crippen LogP contribution in [-0.2, 0) is 16.0 Å². The molecule has 0 unspecified atom stereocenters. The number of amides is 2. The molecule has 0 atom stereocenters. The van der Waals surface area contributed by atoms with Crippen molar-refractivity contribution in [1.82, 2.24) is 5.32 Å². The molecule has 2 aromatic carbocycles. The van der Waals surface area contributed by atoms with Gasteiger partial charge < -0.3 is 15.1 Å². The lowest BCUT2D eigenvalue weighted by atomic mass is 10.1. The molecular formula is C22H27N3O2. The summed E-state index contributed by atoms with van der Waals surface area (Å²) in [6.07, 6.45) is 2.81. The average Bonchev–Trinajstić information content (AvgIpc) is 3.12. The molecule has 1 aliphatic heterocycles. The Morgan fingerprint density at radius 1 is 1.11 bits per heavy atom. The van der Waals surface area contributed by atoms with E-state index in [-0.39, 0.29) is 11.8 Å². The summed E-state index contributed by atoms with van der Waals surface area (Å²) in [5.41, 5.74) is 3.07. The van der Waals surface area contributed by atoms with Crippen molar-refractivity contribution in [1.29, 1.82) is 0 Å². The zero-order chi connectivity index (χ0) is 19.1. The van der Waals surface area contributed by atoms with Crippen molar-refractivity contribution in [2.24, 2.45) is 0 Å². The van der Waals surface area contributed by atoms with Crippen LogP contribution in [0.2, 0.25) is 0 Å². The number of anilines is 2. The zero-order valence-corrected chi connectivity index (χ0v) is 15.9. The van der Waals surface area contributed by atoms with Gasteiger partial charge in [0.2, 0.25) is 11.8 Å². The topological polar surface area (TPSA) is 52.7 Å². The third-order valence-electron chi connectivity index (χ3n) is 4.88. The van der Waals surface area contributed by atoms with Gasteiger partial charge in [0, 0.05) is 44.5 Å². The predicted octanol–water partition coefficient (Wildman–Crippen LogP) is 3.00. The van der Waals surface area contributed by atoms with E-state index in [0.29, 0.717) is 19.4 Å². The van der Waals surface area contributed by atoms with Crippen LogP contribution in [-0.4, -0.2) is 38.5 Å². The maximum absolute atomic E-state index is 12.1. The Kier molecular flexibility index (Phi) is 6.47. The fourth-order valence-electron chi connectivity index (χ4n) is 3.32. The predicted molar refractivity (Wildman–Crippen MR) is 109 cm³/mol. The molecule has 5 heteroatoms. The number of nitrogens with zero attached hydrogens (tertiary/aromatic N) is 2. The maximum atomic E-state index is 12.1. The van der Waals surface area contributed by atoms with E-state index in [1.807, 2.05) is 47.4 Å². The van der Waals surface area contributed by atoms with Crippen LogP contribution in [0, 0.1) is 0 Å². The van der Waals surface area contributed by atoms with Gasteiger partial charge in [0.15, 0.2) is 0 Å². The van der Waals surface area contributed by atoms with Gasteiger partial charge in [-0.1, -0.05) is 30.3 Å². The van der Waals surface area contributed by atoms with Gasteiger partial charge in [-0.05, 0) is 42.7 Å². The summed E-state index contributed by atoms with van der Waals surface area (Å²) < 4.78 is 0. The molecule has 0 spiro atoms. The molecule has 1 N–H and O–H groups in total. The van der Waals surface area contributed by atoms with Crippen molar-refractivity contribution in [3.05, 3.63) is 60.2 Å². The van der Waals surface area contributed by atoms with E-state index in [9.17, 15) is 9.59 Å². The van der Waals surface area contributed by atoms with Gasteiger partial charge in [-0.3, -0.25) is 9.59 Å². The number of carbonyl (C=O) groups is 2. The van der Waals surface area contributed by atoms with Crippen LogP contribution in [0.25, 0.3) is 0 Å². The summed E-state index contributed by atoms with van der Waals surface area (Å²) in [5, 5.41) is 2.98. The number of rotatable bonds is 8. The minimum atomic E-state index is 0.0300. The number of nitrogens with one attached hydrogen (secondary N) is 1. The second kappa shape index (κ2) is 9.21. The van der Waals surface area contributed by atoms with E-state index in [0.717, 1.165) is 37.2 Å². The highest BCUT2D eigenvalue weighted by Crippen LogP contribution is 2.21. The normalized spacial score (nSPS) is 13.7. The molecule has 0 radical (unpaired) electrons. The van der Waals surface area contributed by atoms with Crippen LogP contribution < -0.4 is 15.1 Å². The first-order valence-corrected chi connectivity index (χ1v) is 9.56. The lowest BCUT2D eigenvalue weighted by Gasteiger charge is -2.19. The minimum absolute atomic E-state index is 0.0300. The quantitative estimate of drug-likeness (QED) is 0.732. The molecule has 0 aliphatic carbocycles. The highest BCUT2D eigenvalue weighted by molar-refractivity contribution is 5.95. The SMILES string of the molecule is CN(CCCNC(=O)Cc1ccc(N2CCCC2=O)cc1)c1ccccc1. The summed E-state index contributed by atoms with van der Waals surface area (Å²) in [7, 11) is 2.06. The Balaban J connectivity index is 1.38. The van der Waals surface area contributed by atoms with Gasteiger partial charge in [-0.15, -0.1) is 0 Å². The van der Waals surface area contributed by atoms with Crippen LogP contribution in [0.4, 0.5) is 11.4 Å². The Bertz CT molecular complexity index is 759. The molecule has 0 bridgehead atoms. The molecule has 0 saturated carbocycles. The fourth-order valence-corrected chi connectivity index (χ4v) is 3.32. The van der Waals surface area contributed by atoms with Crippen molar-refractivity contribution in [3.8, 4) is 0 Å². The summed E-state index contributed by atoms with van der Waals surface area (Å²) in [6, 6.07) is 18.0. The molecule has 3 rings (SSSR count). The first kappa shape index (κ1) is 19.0. The number of hydrogen-bond acceptors (Lipinski definition) is 3. The molecular weight excluding hydrogens is 338 g/mol. The van der Waals surface area contributed by atoms with Gasteiger partial charge in [0.1, 0.15) is 0 Å². The highest BCUT2D eigenvalue weighted by atomic mass is 16.2. The van der Waals surface area contributed by atoms with Gasteiger partial charge in [-0.25, -0.2) is 0 Å². The van der Waals surface area contributed by atoms with Crippen molar-refractivity contribution in [3.63, 3.8) is 0 Å². The Labute approximate surface area is 161 Å². The van der Waals surface area contributed by atoms with E-state index < -0.39 is 0 Å². The molecule has 5 nitrogen and oxygen atoms in total. The first-order chi connectivity index (χ1) is 13.1. The van der Waals surface area contributed by atoms with Gasteiger partial charge >= 0.3 is 0 Å². The Morgan fingerprint density at radius 3 is 2.52 bits per heavy atom. The van der Waals surface area contributed by atoms with E-state index >= 15 is 0 Å². The molecule has 142 valence electrons. The van der Waals surface area contributed by atoms with Gasteiger partial charge in [-0.2, -0.15) is 0 Å². The highest BCUT2D eigenvalue weighted by Gasteiger charge is 2.21. The lowest BCUT2D eigenvalue weighted by Crippen LogP contribution is -2.29. The number of para-hydroxylation sites is 1. The van der Waals surface area contributed by atoms with Crippen LogP contribution in [0.3, 0.4) is 0 Å². The van der Waals surface area contributed by atoms with Crippen LogP contribution >= 0.6 is 0 Å². The van der Waals surface area contributed by atoms with Crippen LogP contribution in [0.5, 0.6) is 0 Å². The minimum Gasteiger partial charge on any atom is -0.375 e. The summed E-state index contributed by atoms with van der Waals surface area (Å²) in [5.74, 6) is 0.211. The largest absolute Gasteiger partial charge is 0.375 e. The van der Waals surface area contributed by atoms with Crippen LogP contribution in [0.15, 0.2) is 54.6 Å². The maximum Gasteiger partial charge on any atom is 0.227 e. The van der Waals surface area contributed by atoms with E-state index in [4.69, 9.17) is 0 Å². The second-order valence-electron chi connectivity index (χ2n) is 6.95. The Morgan fingerprint density at radius 2 is 1.85 bits per heavy atom. The van der Waals surface area contributed by atoms with Gasteiger partial charge in [0.25, 0.3) is 0 Å². The molecule has 2 aromatic rings. The Hall–Kier alpha value is -2.82. The summed E-state index contributed by atoms with van der Waals surface area (Å²) in [6.45, 7) is 2.34. The number of hydrogen-bond donors (Lipinski definition) is 1. The molecule has 27 heavy (non-hydrogen) atoms. The second-order valence-corrected chi connectivity index (χ2v) is 6.95. The van der Waals surface area contributed by atoms with E-state index in [2.05, 4.69) is 29.4 Å². The van der Waals surface area contributed by atoms with Crippen molar-refractivity contribution < 1.29 is 9.59 Å². The van der Waals surface area contributed by atoms with Crippen molar-refractivity contribution >= 4 is 23.2 Å². The number of benzene rings is 2. The molecule has 2 amide bonds. The molecule has 1 aliphatic rings. The lowest BCUT2D eigenvalue weighted by molar-refractivity contribution is -0.120. The zero-order valence-electron chi connectivity index (χ0n) is 15.9. The summed E-state index contributed by atoms with van der Waals surface area (Å²) >= 11 is 0.